The van der Waals surface area contributed by atoms with E-state index in [4.69, 9.17) is 0 Å². The first kappa shape index (κ1) is 21.1. The molecule has 0 radical (unpaired) electrons. The first-order valence-corrected chi connectivity index (χ1v) is 12.2. The summed E-state index contributed by atoms with van der Waals surface area (Å²) in [5, 5.41) is 3.65. The lowest BCUT2D eigenvalue weighted by Crippen LogP contribution is -2.49. The zero-order valence-corrected chi connectivity index (χ0v) is 17.5. The van der Waals surface area contributed by atoms with Crippen molar-refractivity contribution in [1.82, 2.24) is 5.32 Å². The maximum atomic E-state index is 12.7. The Morgan fingerprint density at radius 3 is 2.62 bits per heavy atom. The van der Waals surface area contributed by atoms with Gasteiger partial charge in [-0.15, -0.1) is 0 Å². The molecule has 5 nitrogen and oxygen atoms in total. The smallest absolute Gasteiger partial charge is 0.243 e. The lowest BCUT2D eigenvalue weighted by Gasteiger charge is -2.30. The van der Waals surface area contributed by atoms with Crippen molar-refractivity contribution < 1.29 is 13.2 Å². The third kappa shape index (κ3) is 5.91. The van der Waals surface area contributed by atoms with Crippen molar-refractivity contribution in [2.45, 2.75) is 57.2 Å². The first-order chi connectivity index (χ1) is 12.3. The summed E-state index contributed by atoms with van der Waals surface area (Å²) in [6.07, 6.45) is 6.73. The van der Waals surface area contributed by atoms with E-state index >= 15 is 0 Å². The van der Waals surface area contributed by atoms with E-state index in [1.54, 1.807) is 12.1 Å². The van der Waals surface area contributed by atoms with Gasteiger partial charge in [0.25, 0.3) is 0 Å². The molecule has 1 aliphatic carbocycles. The highest BCUT2D eigenvalue weighted by Crippen LogP contribution is 2.29. The van der Waals surface area contributed by atoms with Crippen molar-refractivity contribution in [3.8, 4) is 0 Å². The highest BCUT2D eigenvalue weighted by Gasteiger charge is 2.31. The van der Waals surface area contributed by atoms with Crippen LogP contribution in [0.4, 0.5) is 5.69 Å². The molecule has 2 rings (SSSR count). The number of thioether (sulfide) groups is 1. The van der Waals surface area contributed by atoms with E-state index in [0.717, 1.165) is 17.6 Å². The van der Waals surface area contributed by atoms with Crippen LogP contribution in [-0.2, 0) is 14.8 Å². The number of anilines is 1. The molecule has 0 saturated heterocycles. The Hall–Kier alpha value is -1.21. The summed E-state index contributed by atoms with van der Waals surface area (Å²) in [6.45, 7) is 4.32. The van der Waals surface area contributed by atoms with Crippen molar-refractivity contribution >= 4 is 33.4 Å². The van der Waals surface area contributed by atoms with Gasteiger partial charge in [-0.3, -0.25) is 9.10 Å². The number of benzene rings is 1. The van der Waals surface area contributed by atoms with Gasteiger partial charge >= 0.3 is 0 Å². The number of sulfonamides is 1. The second-order valence-corrected chi connectivity index (χ2v) is 10.2. The lowest BCUT2D eigenvalue weighted by atomic mass is 10.1. The van der Waals surface area contributed by atoms with Crippen LogP contribution in [0.3, 0.4) is 0 Å². The van der Waals surface area contributed by atoms with Gasteiger partial charge in [0, 0.05) is 17.5 Å². The van der Waals surface area contributed by atoms with E-state index in [2.05, 4.69) is 5.32 Å². The van der Waals surface area contributed by atoms with Gasteiger partial charge in [0.2, 0.25) is 15.9 Å². The summed E-state index contributed by atoms with van der Waals surface area (Å²) in [6, 6.07) is 6.52. The summed E-state index contributed by atoms with van der Waals surface area (Å²) >= 11 is 1.91. The highest BCUT2D eigenvalue weighted by atomic mass is 32.2. The third-order valence-electron chi connectivity index (χ3n) is 4.64. The number of nitrogens with zero attached hydrogens (tertiary/aromatic N) is 1. The Balaban J connectivity index is 2.02. The molecule has 1 N–H and O–H groups in total. The predicted molar refractivity (Wildman–Crippen MR) is 110 cm³/mol. The van der Waals surface area contributed by atoms with Crippen molar-refractivity contribution in [2.24, 2.45) is 0 Å². The zero-order valence-electron chi connectivity index (χ0n) is 15.9. The quantitative estimate of drug-likeness (QED) is 0.648. The van der Waals surface area contributed by atoms with Crippen LogP contribution in [0.2, 0.25) is 0 Å². The van der Waals surface area contributed by atoms with Crippen LogP contribution < -0.4 is 9.62 Å². The normalized spacial score (nSPS) is 16.4. The molecule has 1 saturated carbocycles. The minimum Gasteiger partial charge on any atom is -0.353 e. The number of aryl methyl sites for hydroxylation is 1. The second kappa shape index (κ2) is 9.65. The Morgan fingerprint density at radius 1 is 1.35 bits per heavy atom. The van der Waals surface area contributed by atoms with E-state index < -0.39 is 16.1 Å². The molecule has 0 bridgehead atoms. The fourth-order valence-electron chi connectivity index (χ4n) is 3.40. The highest BCUT2D eigenvalue weighted by molar-refractivity contribution is 7.99. The summed E-state index contributed by atoms with van der Waals surface area (Å²) < 4.78 is 26.0. The van der Waals surface area contributed by atoms with Crippen LogP contribution in [0.1, 0.15) is 44.6 Å². The summed E-state index contributed by atoms with van der Waals surface area (Å²) in [5.41, 5.74) is 1.49. The molecule has 1 aromatic carbocycles. The summed E-state index contributed by atoms with van der Waals surface area (Å²) in [7, 11) is -3.57. The van der Waals surface area contributed by atoms with Gasteiger partial charge in [-0.2, -0.15) is 11.8 Å². The van der Waals surface area contributed by atoms with Crippen molar-refractivity contribution in [2.75, 3.05) is 22.9 Å². The molecule has 26 heavy (non-hydrogen) atoms. The maximum Gasteiger partial charge on any atom is 0.243 e. The monoisotopic (exact) mass is 398 g/mol. The van der Waals surface area contributed by atoms with Crippen molar-refractivity contribution in [3.05, 3.63) is 29.8 Å². The Bertz CT molecular complexity index is 700. The molecule has 1 fully saturated rings. The fraction of sp³-hybridized carbons (Fsp3) is 0.632. The number of carbonyl (C=O) groups is 1. The van der Waals surface area contributed by atoms with Crippen LogP contribution in [0.5, 0.6) is 0 Å². The third-order valence-corrected chi connectivity index (χ3v) is 7.21. The molecule has 1 unspecified atom stereocenters. The number of hydrogen-bond donors (Lipinski definition) is 1. The van der Waals surface area contributed by atoms with E-state index in [-0.39, 0.29) is 5.91 Å². The van der Waals surface area contributed by atoms with Gasteiger partial charge in [-0.1, -0.05) is 31.9 Å². The molecule has 0 heterocycles. The van der Waals surface area contributed by atoms with Gasteiger partial charge in [0.05, 0.1) is 11.9 Å². The Morgan fingerprint density at radius 2 is 2.04 bits per heavy atom. The standard InChI is InChI=1S/C19H30N2O3S2/c1-4-18(19(22)20-12-13-25-17-10-5-6-11-17)21(26(3,23)24)16-9-7-8-15(2)14-16/h7-9,14,17-18H,4-6,10-13H2,1-3H3,(H,20,22). The molecular weight excluding hydrogens is 368 g/mol. The topological polar surface area (TPSA) is 66.5 Å². The maximum absolute atomic E-state index is 12.7. The van der Waals surface area contributed by atoms with Crippen LogP contribution in [0, 0.1) is 6.92 Å². The van der Waals surface area contributed by atoms with Gasteiger partial charge in [0.1, 0.15) is 6.04 Å². The molecule has 1 atom stereocenters. The summed E-state index contributed by atoms with van der Waals surface area (Å²) in [5.74, 6) is 0.641. The number of carbonyl (C=O) groups excluding carboxylic acids is 1. The van der Waals surface area contributed by atoms with E-state index in [0.29, 0.717) is 23.9 Å². The van der Waals surface area contributed by atoms with E-state index in [1.807, 2.05) is 37.7 Å². The van der Waals surface area contributed by atoms with Crippen LogP contribution >= 0.6 is 11.8 Å². The van der Waals surface area contributed by atoms with Crippen molar-refractivity contribution in [3.63, 3.8) is 0 Å². The molecule has 0 aliphatic heterocycles. The molecule has 1 aliphatic rings. The number of amides is 1. The molecule has 0 aromatic heterocycles. The van der Waals surface area contributed by atoms with Gasteiger partial charge in [-0.05, 0) is 43.9 Å². The summed E-state index contributed by atoms with van der Waals surface area (Å²) in [4.78, 5) is 12.7. The van der Waals surface area contributed by atoms with Gasteiger partial charge < -0.3 is 5.32 Å². The lowest BCUT2D eigenvalue weighted by molar-refractivity contribution is -0.122. The number of hydrogen-bond acceptors (Lipinski definition) is 4. The van der Waals surface area contributed by atoms with Gasteiger partial charge in [-0.25, -0.2) is 8.42 Å². The van der Waals surface area contributed by atoms with Crippen LogP contribution in [0.15, 0.2) is 24.3 Å². The van der Waals surface area contributed by atoms with Crippen molar-refractivity contribution in [1.29, 1.82) is 0 Å². The largest absolute Gasteiger partial charge is 0.353 e. The Kier molecular flexibility index (Phi) is 7.83. The zero-order chi connectivity index (χ0) is 19.2. The molecule has 1 aromatic rings. The predicted octanol–water partition coefficient (Wildman–Crippen LogP) is 3.33. The first-order valence-electron chi connectivity index (χ1n) is 9.28. The molecule has 1 amide bonds. The average molecular weight is 399 g/mol. The molecule has 146 valence electrons. The molecule has 7 heteroatoms. The van der Waals surface area contributed by atoms with Crippen LogP contribution in [0.25, 0.3) is 0 Å². The number of nitrogens with one attached hydrogen (secondary N) is 1. The Labute approximate surface area is 162 Å². The van der Waals surface area contributed by atoms with Gasteiger partial charge in [0.15, 0.2) is 0 Å². The second-order valence-electron chi connectivity index (χ2n) is 6.89. The molecule has 0 spiro atoms. The average Bonchev–Trinajstić information content (AvgIpc) is 3.08. The minimum atomic E-state index is -3.57. The fourth-order valence-corrected chi connectivity index (χ4v) is 5.82. The van der Waals surface area contributed by atoms with E-state index in [1.165, 1.54) is 30.0 Å². The van der Waals surface area contributed by atoms with Crippen LogP contribution in [-0.4, -0.2) is 44.2 Å². The van der Waals surface area contributed by atoms with E-state index in [9.17, 15) is 13.2 Å². The SMILES string of the molecule is CCC(C(=O)NCCSC1CCCC1)N(c1cccc(C)c1)S(C)(=O)=O. The molecular formula is C19H30N2O3S2. The number of rotatable bonds is 9. The minimum absolute atomic E-state index is 0.230.